The fraction of sp³-hybridized carbons (Fsp3) is 0.417. The lowest BCUT2D eigenvalue weighted by Crippen LogP contribution is -2.07. The van der Waals surface area contributed by atoms with Crippen molar-refractivity contribution in [2.24, 2.45) is 0 Å². The van der Waals surface area contributed by atoms with Crippen LogP contribution in [0.15, 0.2) is 24.3 Å². The zero-order chi connectivity index (χ0) is 11.8. The van der Waals surface area contributed by atoms with Crippen LogP contribution in [0.2, 0.25) is 0 Å². The summed E-state index contributed by atoms with van der Waals surface area (Å²) in [4.78, 5) is 11.4. The third-order valence-electron chi connectivity index (χ3n) is 1.90. The molecule has 0 saturated carbocycles. The van der Waals surface area contributed by atoms with Crippen molar-refractivity contribution in [3.63, 3.8) is 0 Å². The van der Waals surface area contributed by atoms with Crippen LogP contribution in [0.5, 0.6) is 5.75 Å². The summed E-state index contributed by atoms with van der Waals surface area (Å²) in [5.41, 5.74) is 0.497. The summed E-state index contributed by atoms with van der Waals surface area (Å²) in [6.07, 6.45) is 0. The Labute approximate surface area is 95.1 Å². The van der Waals surface area contributed by atoms with Crippen LogP contribution in [0, 0.1) is 0 Å². The number of esters is 1. The van der Waals surface area contributed by atoms with Gasteiger partial charge in [0, 0.05) is 7.11 Å². The van der Waals surface area contributed by atoms with Gasteiger partial charge in [-0.1, -0.05) is 6.07 Å². The fourth-order valence-corrected chi connectivity index (χ4v) is 1.17. The Bertz CT molecular complexity index is 336. The normalized spacial score (nSPS) is 9.88. The van der Waals surface area contributed by atoms with Gasteiger partial charge in [0.25, 0.3) is 0 Å². The second-order valence-electron chi connectivity index (χ2n) is 3.09. The summed E-state index contributed by atoms with van der Waals surface area (Å²) in [6, 6.07) is 6.90. The molecule has 0 aromatic heterocycles. The standard InChI is InChI=1S/C12H16O4/c1-3-15-12(13)10-5-4-6-11(9-10)16-8-7-14-2/h4-6,9H,3,7-8H2,1-2H3. The van der Waals surface area contributed by atoms with Crippen LogP contribution in [0.25, 0.3) is 0 Å². The lowest BCUT2D eigenvalue weighted by Gasteiger charge is -2.07. The highest BCUT2D eigenvalue weighted by molar-refractivity contribution is 5.89. The van der Waals surface area contributed by atoms with E-state index in [0.29, 0.717) is 31.1 Å². The number of hydrogen-bond acceptors (Lipinski definition) is 4. The van der Waals surface area contributed by atoms with Crippen molar-refractivity contribution in [1.29, 1.82) is 0 Å². The second kappa shape index (κ2) is 6.85. The molecule has 0 unspecified atom stereocenters. The Morgan fingerprint density at radius 3 is 2.81 bits per heavy atom. The van der Waals surface area contributed by atoms with Crippen molar-refractivity contribution in [3.8, 4) is 5.75 Å². The molecule has 0 spiro atoms. The maximum atomic E-state index is 11.4. The van der Waals surface area contributed by atoms with Crippen LogP contribution in [-0.2, 0) is 9.47 Å². The number of methoxy groups -OCH3 is 1. The fourth-order valence-electron chi connectivity index (χ4n) is 1.17. The molecule has 0 aliphatic rings. The maximum Gasteiger partial charge on any atom is 0.338 e. The Hall–Kier alpha value is -1.55. The zero-order valence-electron chi connectivity index (χ0n) is 9.56. The molecule has 1 aromatic rings. The van der Waals surface area contributed by atoms with Gasteiger partial charge in [0.1, 0.15) is 12.4 Å². The Morgan fingerprint density at radius 1 is 1.31 bits per heavy atom. The molecule has 0 radical (unpaired) electrons. The summed E-state index contributed by atoms with van der Waals surface area (Å²) < 4.78 is 15.1. The molecule has 0 aliphatic carbocycles. The van der Waals surface area contributed by atoms with E-state index in [-0.39, 0.29) is 5.97 Å². The van der Waals surface area contributed by atoms with E-state index in [1.807, 2.05) is 0 Å². The van der Waals surface area contributed by atoms with E-state index in [4.69, 9.17) is 14.2 Å². The molecule has 88 valence electrons. The minimum absolute atomic E-state index is 0.334. The highest BCUT2D eigenvalue weighted by Gasteiger charge is 2.06. The van der Waals surface area contributed by atoms with Gasteiger partial charge in [-0.2, -0.15) is 0 Å². The molecule has 4 heteroatoms. The van der Waals surface area contributed by atoms with Gasteiger partial charge in [-0.3, -0.25) is 0 Å². The molecule has 16 heavy (non-hydrogen) atoms. The topological polar surface area (TPSA) is 44.8 Å². The van der Waals surface area contributed by atoms with Crippen LogP contribution in [-0.4, -0.2) is 32.9 Å². The molecule has 0 saturated heterocycles. The van der Waals surface area contributed by atoms with Crippen molar-refractivity contribution >= 4 is 5.97 Å². The highest BCUT2D eigenvalue weighted by Crippen LogP contribution is 2.14. The molecular formula is C12H16O4. The van der Waals surface area contributed by atoms with E-state index >= 15 is 0 Å². The smallest absolute Gasteiger partial charge is 0.338 e. The van der Waals surface area contributed by atoms with E-state index in [1.54, 1.807) is 38.3 Å². The molecule has 0 aliphatic heterocycles. The van der Waals surface area contributed by atoms with Gasteiger partial charge in [0.05, 0.1) is 18.8 Å². The molecule has 1 aromatic carbocycles. The van der Waals surface area contributed by atoms with Crippen molar-refractivity contribution in [2.45, 2.75) is 6.92 Å². The van der Waals surface area contributed by atoms with Crippen LogP contribution in [0.3, 0.4) is 0 Å². The number of ether oxygens (including phenoxy) is 3. The SMILES string of the molecule is CCOC(=O)c1cccc(OCCOC)c1. The molecule has 0 N–H and O–H groups in total. The maximum absolute atomic E-state index is 11.4. The third-order valence-corrected chi connectivity index (χ3v) is 1.90. The number of carbonyl (C=O) groups excluding carboxylic acids is 1. The van der Waals surface area contributed by atoms with Crippen LogP contribution < -0.4 is 4.74 Å². The summed E-state index contributed by atoms with van der Waals surface area (Å²) in [5, 5.41) is 0. The Morgan fingerprint density at radius 2 is 2.12 bits per heavy atom. The zero-order valence-corrected chi connectivity index (χ0v) is 9.56. The first-order chi connectivity index (χ1) is 7.77. The highest BCUT2D eigenvalue weighted by atomic mass is 16.5. The number of rotatable bonds is 6. The number of hydrogen-bond donors (Lipinski definition) is 0. The van der Waals surface area contributed by atoms with Crippen LogP contribution in [0.4, 0.5) is 0 Å². The van der Waals surface area contributed by atoms with E-state index < -0.39 is 0 Å². The first kappa shape index (κ1) is 12.5. The van der Waals surface area contributed by atoms with Gasteiger partial charge in [-0.25, -0.2) is 4.79 Å². The van der Waals surface area contributed by atoms with Crippen LogP contribution >= 0.6 is 0 Å². The summed E-state index contributed by atoms with van der Waals surface area (Å²) in [6.45, 7) is 3.12. The number of benzene rings is 1. The Kier molecular flexibility index (Phi) is 5.36. The summed E-state index contributed by atoms with van der Waals surface area (Å²) >= 11 is 0. The van der Waals surface area contributed by atoms with Gasteiger partial charge in [0.15, 0.2) is 0 Å². The van der Waals surface area contributed by atoms with Crippen molar-refractivity contribution < 1.29 is 19.0 Å². The van der Waals surface area contributed by atoms with E-state index in [0.717, 1.165) is 0 Å². The Balaban J connectivity index is 2.60. The molecule has 0 heterocycles. The average Bonchev–Trinajstić information content (AvgIpc) is 2.30. The second-order valence-corrected chi connectivity index (χ2v) is 3.09. The molecule has 0 bridgehead atoms. The van der Waals surface area contributed by atoms with E-state index in [2.05, 4.69) is 0 Å². The largest absolute Gasteiger partial charge is 0.491 e. The third kappa shape index (κ3) is 3.90. The molecule has 0 amide bonds. The van der Waals surface area contributed by atoms with Crippen molar-refractivity contribution in [3.05, 3.63) is 29.8 Å². The minimum atomic E-state index is -0.334. The van der Waals surface area contributed by atoms with Gasteiger partial charge in [0.2, 0.25) is 0 Å². The van der Waals surface area contributed by atoms with Crippen LogP contribution in [0.1, 0.15) is 17.3 Å². The molecule has 0 fully saturated rings. The molecule has 1 rings (SSSR count). The molecular weight excluding hydrogens is 208 g/mol. The first-order valence-corrected chi connectivity index (χ1v) is 5.17. The quantitative estimate of drug-likeness (QED) is 0.546. The molecule has 4 nitrogen and oxygen atoms in total. The summed E-state index contributed by atoms with van der Waals surface area (Å²) in [7, 11) is 1.61. The van der Waals surface area contributed by atoms with Gasteiger partial charge < -0.3 is 14.2 Å². The average molecular weight is 224 g/mol. The monoisotopic (exact) mass is 224 g/mol. The van der Waals surface area contributed by atoms with Crippen molar-refractivity contribution in [2.75, 3.05) is 26.9 Å². The van der Waals surface area contributed by atoms with Gasteiger partial charge in [-0.05, 0) is 25.1 Å². The lowest BCUT2D eigenvalue weighted by molar-refractivity contribution is 0.0525. The predicted octanol–water partition coefficient (Wildman–Crippen LogP) is 1.89. The number of carbonyl (C=O) groups is 1. The summed E-state index contributed by atoms with van der Waals surface area (Å²) in [5.74, 6) is 0.308. The van der Waals surface area contributed by atoms with E-state index in [9.17, 15) is 4.79 Å². The lowest BCUT2D eigenvalue weighted by atomic mass is 10.2. The van der Waals surface area contributed by atoms with E-state index in [1.165, 1.54) is 0 Å². The van der Waals surface area contributed by atoms with Gasteiger partial charge in [-0.15, -0.1) is 0 Å². The van der Waals surface area contributed by atoms with Crippen molar-refractivity contribution in [1.82, 2.24) is 0 Å². The minimum Gasteiger partial charge on any atom is -0.491 e. The first-order valence-electron chi connectivity index (χ1n) is 5.17. The molecule has 0 atom stereocenters. The van der Waals surface area contributed by atoms with Gasteiger partial charge >= 0.3 is 5.97 Å². The predicted molar refractivity (Wildman–Crippen MR) is 59.8 cm³/mol.